The van der Waals surface area contributed by atoms with Gasteiger partial charge >= 0.3 is 0 Å². The van der Waals surface area contributed by atoms with Crippen LogP contribution >= 0.6 is 11.6 Å². The Balaban J connectivity index is 1.47. The van der Waals surface area contributed by atoms with Gasteiger partial charge < -0.3 is 9.42 Å². The second-order valence-corrected chi connectivity index (χ2v) is 6.80. The van der Waals surface area contributed by atoms with Crippen LogP contribution in [0.15, 0.2) is 53.3 Å². The molecule has 4 rings (SSSR count). The number of aromatic nitrogens is 2. The SMILES string of the molecule is O=C(CCc1cccnc1)N1CCc2onc(-c3ccc(Cl)cc3)c2C1. The van der Waals surface area contributed by atoms with Gasteiger partial charge in [-0.2, -0.15) is 0 Å². The largest absolute Gasteiger partial charge is 0.360 e. The molecule has 0 bridgehead atoms. The lowest BCUT2D eigenvalue weighted by molar-refractivity contribution is -0.132. The fourth-order valence-electron chi connectivity index (χ4n) is 3.21. The molecule has 0 spiro atoms. The van der Waals surface area contributed by atoms with E-state index in [0.29, 0.717) is 37.4 Å². The van der Waals surface area contributed by atoms with Gasteiger partial charge in [0.1, 0.15) is 11.5 Å². The third-order valence-corrected chi connectivity index (χ3v) is 4.90. The highest BCUT2D eigenvalue weighted by atomic mass is 35.5. The summed E-state index contributed by atoms with van der Waals surface area (Å²) in [5.41, 5.74) is 3.81. The van der Waals surface area contributed by atoms with Crippen LogP contribution in [0, 0.1) is 0 Å². The lowest BCUT2D eigenvalue weighted by Crippen LogP contribution is -2.35. The molecular formula is C20H18ClN3O2. The molecule has 0 radical (unpaired) electrons. The van der Waals surface area contributed by atoms with Crippen LogP contribution in [-0.2, 0) is 24.2 Å². The van der Waals surface area contributed by atoms with Crippen LogP contribution in [0.25, 0.3) is 11.3 Å². The Kier molecular flexibility index (Phi) is 4.71. The van der Waals surface area contributed by atoms with Crippen molar-refractivity contribution in [3.63, 3.8) is 0 Å². The van der Waals surface area contributed by atoms with Crippen LogP contribution in [0.5, 0.6) is 0 Å². The third-order valence-electron chi connectivity index (χ3n) is 4.65. The molecule has 3 aromatic rings. The minimum absolute atomic E-state index is 0.141. The van der Waals surface area contributed by atoms with Gasteiger partial charge in [-0.1, -0.05) is 35.0 Å². The Hall–Kier alpha value is -2.66. The molecule has 1 aliphatic rings. The van der Waals surface area contributed by atoms with Crippen molar-refractivity contribution in [2.24, 2.45) is 0 Å². The van der Waals surface area contributed by atoms with Crippen molar-refractivity contribution in [2.75, 3.05) is 6.54 Å². The van der Waals surface area contributed by atoms with Crippen molar-refractivity contribution in [3.8, 4) is 11.3 Å². The molecule has 3 heterocycles. The van der Waals surface area contributed by atoms with Crippen molar-refractivity contribution in [1.82, 2.24) is 15.0 Å². The summed E-state index contributed by atoms with van der Waals surface area (Å²) in [6.07, 6.45) is 5.41. The Morgan fingerprint density at radius 3 is 2.85 bits per heavy atom. The summed E-state index contributed by atoms with van der Waals surface area (Å²) < 4.78 is 5.50. The lowest BCUT2D eigenvalue weighted by atomic mass is 10.0. The molecule has 5 nitrogen and oxygen atoms in total. The molecule has 0 saturated carbocycles. The van der Waals surface area contributed by atoms with Gasteiger partial charge in [0.15, 0.2) is 0 Å². The average molecular weight is 368 g/mol. The number of hydrogen-bond acceptors (Lipinski definition) is 4. The maximum Gasteiger partial charge on any atom is 0.223 e. The normalized spacial score (nSPS) is 13.5. The Morgan fingerprint density at radius 2 is 2.08 bits per heavy atom. The summed E-state index contributed by atoms with van der Waals surface area (Å²) in [6, 6.07) is 11.4. The van der Waals surface area contributed by atoms with E-state index in [1.165, 1.54) is 0 Å². The Labute approximate surface area is 156 Å². The molecule has 0 fully saturated rings. The number of pyridine rings is 1. The second kappa shape index (κ2) is 7.30. The summed E-state index contributed by atoms with van der Waals surface area (Å²) in [4.78, 5) is 18.6. The van der Waals surface area contributed by atoms with Crippen molar-refractivity contribution in [3.05, 3.63) is 70.7 Å². The van der Waals surface area contributed by atoms with E-state index in [1.807, 2.05) is 41.3 Å². The molecule has 0 atom stereocenters. The number of aryl methyl sites for hydroxylation is 1. The number of carbonyl (C=O) groups is 1. The number of halogens is 1. The van der Waals surface area contributed by atoms with Crippen LogP contribution in [0.3, 0.4) is 0 Å². The van der Waals surface area contributed by atoms with E-state index in [1.54, 1.807) is 12.4 Å². The predicted octanol–water partition coefficient (Wildman–Crippen LogP) is 3.91. The molecule has 1 aliphatic heterocycles. The maximum atomic E-state index is 12.6. The fraction of sp³-hybridized carbons (Fsp3) is 0.250. The first-order valence-corrected chi connectivity index (χ1v) is 8.98. The van der Waals surface area contributed by atoms with E-state index < -0.39 is 0 Å². The van der Waals surface area contributed by atoms with Gasteiger partial charge in [-0.15, -0.1) is 0 Å². The summed E-state index contributed by atoms with van der Waals surface area (Å²) in [5, 5.41) is 4.90. The minimum Gasteiger partial charge on any atom is -0.360 e. The quantitative estimate of drug-likeness (QED) is 0.701. The molecule has 0 N–H and O–H groups in total. The number of hydrogen-bond donors (Lipinski definition) is 0. The highest BCUT2D eigenvalue weighted by molar-refractivity contribution is 6.30. The highest BCUT2D eigenvalue weighted by Gasteiger charge is 2.27. The van der Waals surface area contributed by atoms with Crippen LogP contribution < -0.4 is 0 Å². The monoisotopic (exact) mass is 367 g/mol. The van der Waals surface area contributed by atoms with E-state index in [9.17, 15) is 4.79 Å². The van der Waals surface area contributed by atoms with Gasteiger partial charge in [0.05, 0.1) is 6.54 Å². The smallest absolute Gasteiger partial charge is 0.223 e. The molecule has 132 valence electrons. The van der Waals surface area contributed by atoms with Crippen LogP contribution in [0.4, 0.5) is 0 Å². The van der Waals surface area contributed by atoms with Gasteiger partial charge in [0.25, 0.3) is 0 Å². The van der Waals surface area contributed by atoms with Crippen LogP contribution in [-0.4, -0.2) is 27.5 Å². The zero-order valence-corrected chi connectivity index (χ0v) is 14.9. The van der Waals surface area contributed by atoms with E-state index in [-0.39, 0.29) is 5.91 Å². The molecule has 0 saturated heterocycles. The maximum absolute atomic E-state index is 12.6. The predicted molar refractivity (Wildman–Crippen MR) is 98.6 cm³/mol. The van der Waals surface area contributed by atoms with Crippen molar-refractivity contribution in [2.45, 2.75) is 25.8 Å². The molecule has 6 heteroatoms. The average Bonchev–Trinajstić information content (AvgIpc) is 3.11. The van der Waals surface area contributed by atoms with Gasteiger partial charge in [0, 0.05) is 47.9 Å². The molecule has 1 aromatic carbocycles. The third kappa shape index (κ3) is 3.48. The van der Waals surface area contributed by atoms with E-state index in [0.717, 1.165) is 28.1 Å². The van der Waals surface area contributed by atoms with Crippen molar-refractivity contribution in [1.29, 1.82) is 0 Å². The molecule has 0 aliphatic carbocycles. The summed E-state index contributed by atoms with van der Waals surface area (Å²) in [6.45, 7) is 1.19. The Morgan fingerprint density at radius 1 is 1.23 bits per heavy atom. The zero-order valence-electron chi connectivity index (χ0n) is 14.2. The topological polar surface area (TPSA) is 59.2 Å². The fourth-order valence-corrected chi connectivity index (χ4v) is 3.34. The minimum atomic E-state index is 0.141. The van der Waals surface area contributed by atoms with Gasteiger partial charge in [-0.25, -0.2) is 0 Å². The number of benzene rings is 1. The molecule has 1 amide bonds. The number of amides is 1. The first-order chi connectivity index (χ1) is 12.7. The molecule has 0 unspecified atom stereocenters. The second-order valence-electron chi connectivity index (χ2n) is 6.37. The first-order valence-electron chi connectivity index (χ1n) is 8.61. The Bertz CT molecular complexity index is 907. The number of nitrogens with zero attached hydrogens (tertiary/aromatic N) is 3. The molecule has 2 aromatic heterocycles. The van der Waals surface area contributed by atoms with E-state index in [4.69, 9.17) is 16.1 Å². The van der Waals surface area contributed by atoms with Crippen molar-refractivity contribution >= 4 is 17.5 Å². The van der Waals surface area contributed by atoms with E-state index in [2.05, 4.69) is 10.1 Å². The summed E-state index contributed by atoms with van der Waals surface area (Å²) in [7, 11) is 0. The van der Waals surface area contributed by atoms with E-state index >= 15 is 0 Å². The standard InChI is InChI=1S/C20H18ClN3O2/c21-16-6-4-15(5-7-16)20-17-13-24(11-9-18(17)26-23-20)19(25)8-3-14-2-1-10-22-12-14/h1-2,4-7,10,12H,3,8-9,11,13H2. The van der Waals surface area contributed by atoms with Gasteiger partial charge in [-0.3, -0.25) is 9.78 Å². The molecule has 26 heavy (non-hydrogen) atoms. The number of fused-ring (bicyclic) bond motifs is 1. The zero-order chi connectivity index (χ0) is 17.9. The highest BCUT2D eigenvalue weighted by Crippen LogP contribution is 2.30. The summed E-state index contributed by atoms with van der Waals surface area (Å²) in [5.74, 6) is 1.01. The molecular weight excluding hydrogens is 350 g/mol. The lowest BCUT2D eigenvalue weighted by Gasteiger charge is -2.26. The van der Waals surface area contributed by atoms with Crippen LogP contribution in [0.2, 0.25) is 5.02 Å². The van der Waals surface area contributed by atoms with Gasteiger partial charge in [0.2, 0.25) is 5.91 Å². The van der Waals surface area contributed by atoms with Crippen LogP contribution in [0.1, 0.15) is 23.3 Å². The first kappa shape index (κ1) is 16.8. The summed E-state index contributed by atoms with van der Waals surface area (Å²) >= 11 is 5.97. The van der Waals surface area contributed by atoms with Gasteiger partial charge in [-0.05, 0) is 30.2 Å². The number of rotatable bonds is 4. The van der Waals surface area contributed by atoms with Crippen molar-refractivity contribution < 1.29 is 9.32 Å². The number of carbonyl (C=O) groups excluding carboxylic acids is 1.